The highest BCUT2D eigenvalue weighted by atomic mass is 16.6. The van der Waals surface area contributed by atoms with Gasteiger partial charge >= 0.3 is 11.8 Å². The minimum atomic E-state index is -0.764. The Morgan fingerprint density at radius 2 is 1.48 bits per heavy atom. The summed E-state index contributed by atoms with van der Waals surface area (Å²) < 4.78 is 16.0. The van der Waals surface area contributed by atoms with Crippen molar-refractivity contribution in [3.63, 3.8) is 0 Å². The van der Waals surface area contributed by atoms with Crippen molar-refractivity contribution in [3.8, 4) is 16.9 Å². The van der Waals surface area contributed by atoms with E-state index >= 15 is 0 Å². The number of hydrogen-bond donors (Lipinski definition) is 1. The smallest absolute Gasteiger partial charge is 0.413 e. The van der Waals surface area contributed by atoms with Crippen LogP contribution >= 0.6 is 0 Å². The summed E-state index contributed by atoms with van der Waals surface area (Å²) in [4.78, 5) is 87.1. The van der Waals surface area contributed by atoms with Crippen molar-refractivity contribution < 1.29 is 28.7 Å². The quantitative estimate of drug-likeness (QED) is 0.103. The molecular weight excluding hydrogens is 1030 g/mol. The molecule has 0 saturated carbocycles. The van der Waals surface area contributed by atoms with E-state index in [1.54, 1.807) is 35.6 Å². The predicted octanol–water partition coefficient (Wildman–Crippen LogP) is 8.97. The van der Waals surface area contributed by atoms with Gasteiger partial charge in [-0.3, -0.25) is 48.4 Å². The van der Waals surface area contributed by atoms with Crippen molar-refractivity contribution >= 4 is 51.7 Å². The Labute approximate surface area is 479 Å². The van der Waals surface area contributed by atoms with Gasteiger partial charge in [0.1, 0.15) is 28.9 Å². The standard InChI is InChI=1S/C64H77N11O7/c1-42-37-71(38-45-10-18-54-56(34-45)69(6)63(80)75(54)55-19-21-58(76)74(61(55)78)40-43-8-16-51(81-7)17-9-43)32-33-73(42)39-44-23-30-72(31-24-44)60(77)48-13-11-46(12-14-48)47-25-28-70(29-26-47)41-50-35-53-52(22-27-65-59(53)68(50)5)49-15-20-57(66-36-49)67-62(79)82-64(2,3)4/h8-18,20,22,27,34-36,42,44,47,55H,19,21,23-26,28-33,37-41H2,1-7H3,(H,66,67,79)/t42-,55?/m1/s1. The number of carbonyl (C=O) groups is 4. The number of benzene rings is 3. The number of imide groups is 1. The zero-order valence-electron chi connectivity index (χ0n) is 48.5. The van der Waals surface area contributed by atoms with Crippen molar-refractivity contribution in [2.45, 2.75) is 109 Å². The number of hydrogen-bond acceptors (Lipinski definition) is 12. The van der Waals surface area contributed by atoms with Gasteiger partial charge in [-0.1, -0.05) is 30.3 Å². The summed E-state index contributed by atoms with van der Waals surface area (Å²) >= 11 is 0. The van der Waals surface area contributed by atoms with E-state index < -0.39 is 17.7 Å². The Morgan fingerprint density at radius 1 is 0.732 bits per heavy atom. The van der Waals surface area contributed by atoms with Crippen LogP contribution in [0.3, 0.4) is 0 Å². The van der Waals surface area contributed by atoms with Crippen molar-refractivity contribution in [2.75, 3.05) is 64.8 Å². The Balaban J connectivity index is 0.623. The molecular formula is C64H77N11O7. The molecule has 82 heavy (non-hydrogen) atoms. The van der Waals surface area contributed by atoms with Gasteiger partial charge in [-0.25, -0.2) is 19.6 Å². The normalized spacial score (nSPS) is 19.4. The maximum atomic E-state index is 13.9. The number of aryl methyl sites for hydroxylation is 2. The maximum absolute atomic E-state index is 13.9. The fourth-order valence-electron chi connectivity index (χ4n) is 12.8. The lowest BCUT2D eigenvalue weighted by molar-refractivity contribution is -0.151. The van der Waals surface area contributed by atoms with E-state index in [0.29, 0.717) is 35.0 Å². The van der Waals surface area contributed by atoms with Gasteiger partial charge in [0.25, 0.3) is 11.8 Å². The molecule has 4 aliphatic heterocycles. The fourth-order valence-corrected chi connectivity index (χ4v) is 12.8. The number of fused-ring (bicyclic) bond motifs is 2. The first-order chi connectivity index (χ1) is 39.5. The van der Waals surface area contributed by atoms with Crippen molar-refractivity contribution in [1.82, 2.24) is 48.2 Å². The molecule has 4 aliphatic rings. The number of anilines is 1. The first kappa shape index (κ1) is 56.2. The SMILES string of the molecule is COc1ccc(CN2C(=O)CCC(n3c(=O)n(C)c4cc(CN5CCN(CC6CCN(C(=O)c7ccc(C8CCN(Cc9cc%10c(-c%11ccc(NC(=O)OC(C)(C)C)nc%11)ccnc%10n9C)CC8)cc7)CC6)[C@H](C)C5)ccc43)C2=O)cc1. The molecule has 430 valence electrons. The largest absolute Gasteiger partial charge is 0.497 e. The Hall–Kier alpha value is -7.67. The molecule has 4 aromatic heterocycles. The third kappa shape index (κ3) is 12.1. The third-order valence-corrected chi connectivity index (χ3v) is 17.4. The van der Waals surface area contributed by atoms with Crippen molar-refractivity contribution in [3.05, 3.63) is 142 Å². The van der Waals surface area contributed by atoms with Crippen LogP contribution in [0.4, 0.5) is 10.6 Å². The molecule has 4 fully saturated rings. The number of rotatable bonds is 14. The van der Waals surface area contributed by atoms with Crippen LogP contribution in [0.1, 0.15) is 111 Å². The number of imidazole rings is 1. The third-order valence-electron chi connectivity index (χ3n) is 17.4. The van der Waals surface area contributed by atoms with E-state index in [9.17, 15) is 24.0 Å². The highest BCUT2D eigenvalue weighted by Crippen LogP contribution is 2.34. The molecule has 18 heteroatoms. The predicted molar refractivity (Wildman–Crippen MR) is 316 cm³/mol. The zero-order chi connectivity index (χ0) is 57.4. The number of pyridine rings is 2. The second-order valence-electron chi connectivity index (χ2n) is 24.1. The van der Waals surface area contributed by atoms with Gasteiger partial charge in [0.15, 0.2) is 0 Å². The number of nitrogens with one attached hydrogen (secondary N) is 1. The molecule has 1 N–H and O–H groups in total. The molecule has 3 aromatic carbocycles. The molecule has 7 aromatic rings. The number of carbonyl (C=O) groups excluding carboxylic acids is 4. The molecule has 2 atom stereocenters. The van der Waals surface area contributed by atoms with E-state index in [1.807, 2.05) is 86.5 Å². The molecule has 4 saturated heterocycles. The lowest BCUT2D eigenvalue weighted by Crippen LogP contribution is -2.53. The monoisotopic (exact) mass is 1110 g/mol. The number of likely N-dealkylation sites (tertiary alicyclic amines) is 3. The van der Waals surface area contributed by atoms with E-state index in [2.05, 4.69) is 73.9 Å². The fraction of sp³-hybridized carbons (Fsp3) is 0.453. The molecule has 1 unspecified atom stereocenters. The van der Waals surface area contributed by atoms with Crippen molar-refractivity contribution in [1.29, 1.82) is 0 Å². The maximum Gasteiger partial charge on any atom is 0.413 e. The second-order valence-corrected chi connectivity index (χ2v) is 24.1. The summed E-state index contributed by atoms with van der Waals surface area (Å²) in [6.07, 6.45) is 7.63. The van der Waals surface area contributed by atoms with Gasteiger partial charge < -0.3 is 18.9 Å². The summed E-state index contributed by atoms with van der Waals surface area (Å²) in [6.45, 7) is 16.9. The molecule has 4 amide bonds. The summed E-state index contributed by atoms with van der Waals surface area (Å²) in [7, 11) is 5.43. The Morgan fingerprint density at radius 3 is 2.17 bits per heavy atom. The first-order valence-corrected chi connectivity index (χ1v) is 29.1. The second kappa shape index (κ2) is 23.7. The van der Waals surface area contributed by atoms with Gasteiger partial charge in [-0.05, 0) is 168 Å². The van der Waals surface area contributed by atoms with Crippen LogP contribution in [0.2, 0.25) is 0 Å². The molecule has 0 spiro atoms. The van der Waals surface area contributed by atoms with Crippen molar-refractivity contribution in [2.24, 2.45) is 20.0 Å². The average molecular weight is 1110 g/mol. The topological polar surface area (TPSA) is 173 Å². The van der Waals surface area contributed by atoms with Crippen LogP contribution in [0.25, 0.3) is 33.2 Å². The van der Waals surface area contributed by atoms with Gasteiger partial charge in [-0.2, -0.15) is 0 Å². The van der Waals surface area contributed by atoms with Crippen LogP contribution in [0.15, 0.2) is 108 Å². The molecule has 0 bridgehead atoms. The lowest BCUT2D eigenvalue weighted by Gasteiger charge is -2.42. The summed E-state index contributed by atoms with van der Waals surface area (Å²) in [5, 5.41) is 3.77. The molecule has 11 rings (SSSR count). The highest BCUT2D eigenvalue weighted by Gasteiger charge is 2.38. The highest BCUT2D eigenvalue weighted by molar-refractivity contribution is 6.00. The van der Waals surface area contributed by atoms with Crippen LogP contribution in [-0.4, -0.2) is 143 Å². The van der Waals surface area contributed by atoms with Gasteiger partial charge in [0.05, 0.1) is 24.7 Å². The Bertz CT molecular complexity index is 3530. The summed E-state index contributed by atoms with van der Waals surface area (Å²) in [5.41, 5.74) is 8.69. The van der Waals surface area contributed by atoms with E-state index in [0.717, 1.165) is 135 Å². The van der Waals surface area contributed by atoms with Crippen LogP contribution in [-0.2, 0) is 48.1 Å². The number of aromatic nitrogens is 5. The van der Waals surface area contributed by atoms with Gasteiger partial charge in [-0.15, -0.1) is 0 Å². The van der Waals surface area contributed by atoms with Crippen LogP contribution in [0, 0.1) is 5.92 Å². The average Bonchev–Trinajstić information content (AvgIpc) is 3.85. The number of amides is 4. The summed E-state index contributed by atoms with van der Waals surface area (Å²) in [5.74, 6) is 1.64. The molecule has 8 heterocycles. The number of piperazine rings is 1. The summed E-state index contributed by atoms with van der Waals surface area (Å²) in [6, 6.07) is 29.4. The first-order valence-electron chi connectivity index (χ1n) is 29.1. The number of methoxy groups -OCH3 is 1. The van der Waals surface area contributed by atoms with E-state index in [4.69, 9.17) is 14.5 Å². The number of nitrogens with zero attached hydrogens (tertiary/aromatic N) is 10. The van der Waals surface area contributed by atoms with Gasteiger partial charge in [0, 0.05) is 114 Å². The molecule has 0 radical (unpaired) electrons. The number of ether oxygens (including phenoxy) is 2. The zero-order valence-corrected chi connectivity index (χ0v) is 48.5. The minimum Gasteiger partial charge on any atom is -0.497 e. The molecule has 18 nitrogen and oxygen atoms in total. The minimum absolute atomic E-state index is 0.124. The molecule has 0 aliphatic carbocycles. The number of piperidine rings is 3. The van der Waals surface area contributed by atoms with Crippen LogP contribution < -0.4 is 15.7 Å². The van der Waals surface area contributed by atoms with Gasteiger partial charge in [0.2, 0.25) is 5.91 Å². The van der Waals surface area contributed by atoms with E-state index in [1.165, 1.54) is 16.2 Å². The lowest BCUT2D eigenvalue weighted by atomic mass is 9.88. The van der Waals surface area contributed by atoms with Crippen LogP contribution in [0.5, 0.6) is 5.75 Å². The Kier molecular flexibility index (Phi) is 16.2. The van der Waals surface area contributed by atoms with E-state index in [-0.39, 0.29) is 42.8 Å².